The summed E-state index contributed by atoms with van der Waals surface area (Å²) in [4.78, 5) is 27.9. The summed E-state index contributed by atoms with van der Waals surface area (Å²) in [6.07, 6.45) is 2.91. The zero-order valence-corrected chi connectivity index (χ0v) is 14.8. The molecule has 0 spiro atoms. The van der Waals surface area contributed by atoms with Crippen LogP contribution in [0.4, 0.5) is 0 Å². The first-order valence-corrected chi connectivity index (χ1v) is 8.43. The molecule has 0 aliphatic carbocycles. The molecular formula is C19H28N2O2. The van der Waals surface area contributed by atoms with E-state index < -0.39 is 0 Å². The van der Waals surface area contributed by atoms with Crippen molar-refractivity contribution < 1.29 is 9.59 Å². The fraction of sp³-hybridized carbons (Fsp3) is 0.579. The van der Waals surface area contributed by atoms with E-state index in [-0.39, 0.29) is 17.7 Å². The summed E-state index contributed by atoms with van der Waals surface area (Å²) >= 11 is 0. The number of likely N-dealkylation sites (tertiary alicyclic amines) is 1. The minimum absolute atomic E-state index is 0.0772. The predicted molar refractivity (Wildman–Crippen MR) is 92.2 cm³/mol. The summed E-state index contributed by atoms with van der Waals surface area (Å²) in [5.41, 5.74) is 3.76. The molecule has 126 valence electrons. The molecule has 4 heteroatoms. The largest absolute Gasteiger partial charge is 0.349 e. The number of aryl methyl sites for hydroxylation is 3. The molecule has 1 aromatic carbocycles. The minimum atomic E-state index is 0.0772. The number of nitrogens with zero attached hydrogens (tertiary/aromatic N) is 2. The van der Waals surface area contributed by atoms with E-state index in [0.717, 1.165) is 19.3 Å². The van der Waals surface area contributed by atoms with Crippen LogP contribution in [0.1, 0.15) is 36.0 Å². The molecule has 4 nitrogen and oxygen atoms in total. The molecule has 1 aromatic rings. The van der Waals surface area contributed by atoms with E-state index in [0.29, 0.717) is 19.5 Å². The number of hydrogen-bond acceptors (Lipinski definition) is 2. The van der Waals surface area contributed by atoms with Crippen molar-refractivity contribution in [3.05, 3.63) is 34.9 Å². The number of piperidine rings is 1. The van der Waals surface area contributed by atoms with Gasteiger partial charge in [-0.05, 0) is 44.2 Å². The van der Waals surface area contributed by atoms with E-state index in [1.165, 1.54) is 16.7 Å². The van der Waals surface area contributed by atoms with Crippen molar-refractivity contribution in [3.8, 4) is 0 Å². The lowest BCUT2D eigenvalue weighted by Gasteiger charge is -2.32. The average Bonchev–Trinajstić information content (AvgIpc) is 2.53. The summed E-state index contributed by atoms with van der Waals surface area (Å²) in [7, 11) is 3.59. The maximum Gasteiger partial charge on any atom is 0.225 e. The highest BCUT2D eigenvalue weighted by atomic mass is 16.2. The molecule has 2 rings (SSSR count). The molecule has 1 heterocycles. The summed E-state index contributed by atoms with van der Waals surface area (Å²) in [5.74, 6) is 0.474. The minimum Gasteiger partial charge on any atom is -0.349 e. The van der Waals surface area contributed by atoms with E-state index in [1.54, 1.807) is 19.0 Å². The van der Waals surface area contributed by atoms with E-state index in [1.807, 2.05) is 4.90 Å². The van der Waals surface area contributed by atoms with E-state index in [9.17, 15) is 9.59 Å². The Morgan fingerprint density at radius 3 is 2.39 bits per heavy atom. The zero-order chi connectivity index (χ0) is 17.0. The van der Waals surface area contributed by atoms with Crippen LogP contribution >= 0.6 is 0 Å². The van der Waals surface area contributed by atoms with Crippen molar-refractivity contribution in [2.24, 2.45) is 5.92 Å². The van der Waals surface area contributed by atoms with Gasteiger partial charge in [0.15, 0.2) is 0 Å². The van der Waals surface area contributed by atoms with Gasteiger partial charge in [0, 0.05) is 39.5 Å². The Labute approximate surface area is 139 Å². The lowest BCUT2D eigenvalue weighted by molar-refractivity contribution is -0.139. The van der Waals surface area contributed by atoms with Crippen molar-refractivity contribution >= 4 is 11.8 Å². The smallest absolute Gasteiger partial charge is 0.225 e. The van der Waals surface area contributed by atoms with Crippen LogP contribution < -0.4 is 0 Å². The van der Waals surface area contributed by atoms with Gasteiger partial charge < -0.3 is 9.80 Å². The summed E-state index contributed by atoms with van der Waals surface area (Å²) in [5, 5.41) is 0. The Kier molecular flexibility index (Phi) is 5.80. The second-order valence-electron chi connectivity index (χ2n) is 6.82. The lowest BCUT2D eigenvalue weighted by Crippen LogP contribution is -2.42. The predicted octanol–water partition coefficient (Wildman–Crippen LogP) is 2.56. The third-order valence-corrected chi connectivity index (χ3v) is 4.74. The average molecular weight is 316 g/mol. The van der Waals surface area contributed by atoms with Crippen LogP contribution in [0.2, 0.25) is 0 Å². The van der Waals surface area contributed by atoms with Crippen molar-refractivity contribution in [2.75, 3.05) is 27.2 Å². The van der Waals surface area contributed by atoms with Crippen LogP contribution in [0, 0.1) is 19.8 Å². The highest BCUT2D eigenvalue weighted by Gasteiger charge is 2.27. The van der Waals surface area contributed by atoms with Crippen LogP contribution in [0.15, 0.2) is 18.2 Å². The molecule has 0 aromatic heterocycles. The molecule has 0 radical (unpaired) electrons. The normalized spacial score (nSPS) is 15.6. The molecule has 1 saturated heterocycles. The summed E-state index contributed by atoms with van der Waals surface area (Å²) in [6.45, 7) is 5.60. The Hall–Kier alpha value is -1.84. The monoisotopic (exact) mass is 316 g/mol. The maximum absolute atomic E-state index is 12.4. The van der Waals surface area contributed by atoms with Gasteiger partial charge in [0.2, 0.25) is 11.8 Å². The van der Waals surface area contributed by atoms with Crippen molar-refractivity contribution in [1.29, 1.82) is 0 Å². The third-order valence-electron chi connectivity index (χ3n) is 4.74. The number of hydrogen-bond donors (Lipinski definition) is 0. The van der Waals surface area contributed by atoms with Crippen LogP contribution in [-0.4, -0.2) is 48.8 Å². The van der Waals surface area contributed by atoms with Gasteiger partial charge in [-0.15, -0.1) is 0 Å². The summed E-state index contributed by atoms with van der Waals surface area (Å²) < 4.78 is 0. The second-order valence-corrected chi connectivity index (χ2v) is 6.82. The Bertz CT molecular complexity index is 573. The van der Waals surface area contributed by atoms with Gasteiger partial charge >= 0.3 is 0 Å². The van der Waals surface area contributed by atoms with Crippen LogP contribution in [0.3, 0.4) is 0 Å². The fourth-order valence-corrected chi connectivity index (χ4v) is 3.27. The van der Waals surface area contributed by atoms with Crippen LogP contribution in [0.25, 0.3) is 0 Å². The standard InChI is InChI=1S/C19H28N2O2/c1-14-5-6-16(15(2)13-14)7-8-18(22)21-11-9-17(10-12-21)19(23)20(3)4/h5-6,13,17H,7-12H2,1-4H3. The van der Waals surface area contributed by atoms with Gasteiger partial charge in [-0.3, -0.25) is 9.59 Å². The molecule has 0 unspecified atom stereocenters. The van der Waals surface area contributed by atoms with E-state index >= 15 is 0 Å². The van der Waals surface area contributed by atoms with Gasteiger partial charge in [0.1, 0.15) is 0 Å². The number of benzene rings is 1. The number of carbonyl (C=O) groups is 2. The quantitative estimate of drug-likeness (QED) is 0.856. The molecule has 0 saturated carbocycles. The summed E-state index contributed by atoms with van der Waals surface area (Å²) in [6, 6.07) is 6.39. The van der Waals surface area contributed by atoms with Gasteiger partial charge in [0.05, 0.1) is 0 Å². The lowest BCUT2D eigenvalue weighted by atomic mass is 9.95. The van der Waals surface area contributed by atoms with Gasteiger partial charge in [-0.2, -0.15) is 0 Å². The number of carbonyl (C=O) groups excluding carboxylic acids is 2. The van der Waals surface area contributed by atoms with Crippen molar-refractivity contribution in [3.63, 3.8) is 0 Å². The van der Waals surface area contributed by atoms with Gasteiger partial charge in [-0.1, -0.05) is 23.8 Å². The molecule has 1 aliphatic rings. The Morgan fingerprint density at radius 1 is 1.17 bits per heavy atom. The molecular weight excluding hydrogens is 288 g/mol. The first-order chi connectivity index (χ1) is 10.9. The van der Waals surface area contributed by atoms with Gasteiger partial charge in [-0.25, -0.2) is 0 Å². The van der Waals surface area contributed by atoms with Crippen LogP contribution in [0.5, 0.6) is 0 Å². The van der Waals surface area contributed by atoms with Crippen molar-refractivity contribution in [2.45, 2.75) is 39.5 Å². The Balaban J connectivity index is 1.82. The number of amides is 2. The first kappa shape index (κ1) is 17.5. The number of rotatable bonds is 4. The second kappa shape index (κ2) is 7.62. The zero-order valence-electron chi connectivity index (χ0n) is 14.8. The first-order valence-electron chi connectivity index (χ1n) is 8.43. The maximum atomic E-state index is 12.4. The van der Waals surface area contributed by atoms with Crippen LogP contribution in [-0.2, 0) is 16.0 Å². The molecule has 23 heavy (non-hydrogen) atoms. The highest BCUT2D eigenvalue weighted by Crippen LogP contribution is 2.20. The molecule has 0 N–H and O–H groups in total. The highest BCUT2D eigenvalue weighted by molar-refractivity contribution is 5.80. The molecule has 0 bridgehead atoms. The SMILES string of the molecule is Cc1ccc(CCC(=O)N2CCC(C(=O)N(C)C)CC2)c(C)c1. The molecule has 0 atom stereocenters. The molecule has 1 fully saturated rings. The topological polar surface area (TPSA) is 40.6 Å². The van der Waals surface area contributed by atoms with E-state index in [2.05, 4.69) is 32.0 Å². The Morgan fingerprint density at radius 2 is 1.83 bits per heavy atom. The van der Waals surface area contributed by atoms with Gasteiger partial charge in [0.25, 0.3) is 0 Å². The molecule has 2 amide bonds. The van der Waals surface area contributed by atoms with Crippen molar-refractivity contribution in [1.82, 2.24) is 9.80 Å². The van der Waals surface area contributed by atoms with E-state index in [4.69, 9.17) is 0 Å². The molecule has 1 aliphatic heterocycles. The fourth-order valence-electron chi connectivity index (χ4n) is 3.27. The third kappa shape index (κ3) is 4.57.